The van der Waals surface area contributed by atoms with Gasteiger partial charge in [-0.15, -0.1) is 0 Å². The molecule has 41 heavy (non-hydrogen) atoms. The summed E-state index contributed by atoms with van der Waals surface area (Å²) in [6.45, 7) is 0. The van der Waals surface area contributed by atoms with E-state index in [1.54, 1.807) is 0 Å². The molecule has 0 bridgehead atoms. The van der Waals surface area contributed by atoms with Crippen molar-refractivity contribution >= 4 is 66.9 Å². The van der Waals surface area contributed by atoms with Crippen LogP contribution in [0, 0.1) is 0 Å². The van der Waals surface area contributed by atoms with Gasteiger partial charge in [0.05, 0.1) is 0 Å². The number of hydrogen-bond donors (Lipinski definition) is 0. The Balaban J connectivity index is 1.48. The van der Waals surface area contributed by atoms with Crippen LogP contribution in [0.3, 0.4) is 0 Å². The molecule has 8 aromatic rings. The first-order valence-electron chi connectivity index (χ1n) is 14.1. The molecule has 0 heterocycles. The van der Waals surface area contributed by atoms with E-state index in [2.05, 4.69) is 164 Å². The van der Waals surface area contributed by atoms with Crippen molar-refractivity contribution in [3.8, 4) is 11.1 Å². The first-order chi connectivity index (χ1) is 20.3. The van der Waals surface area contributed by atoms with Crippen molar-refractivity contribution in [2.45, 2.75) is 0 Å². The van der Waals surface area contributed by atoms with Gasteiger partial charge in [0.1, 0.15) is 0 Å². The second kappa shape index (κ2) is 10.0. The van der Waals surface area contributed by atoms with E-state index >= 15 is 0 Å². The highest BCUT2D eigenvalue weighted by atomic mass is 31.1. The van der Waals surface area contributed by atoms with Gasteiger partial charge in [-0.05, 0) is 90.2 Å². The quantitative estimate of drug-likeness (QED) is 0.196. The van der Waals surface area contributed by atoms with Gasteiger partial charge >= 0.3 is 0 Å². The zero-order chi connectivity index (χ0) is 27.2. The lowest BCUT2D eigenvalue weighted by Gasteiger charge is -2.25. The Hall–Kier alpha value is -4.77. The molecule has 0 unspecified atom stereocenters. The van der Waals surface area contributed by atoms with Crippen molar-refractivity contribution in [3.05, 3.63) is 164 Å². The summed E-state index contributed by atoms with van der Waals surface area (Å²) in [6, 6.07) is 60.6. The molecule has 1 heteroatoms. The van der Waals surface area contributed by atoms with Crippen LogP contribution in [0.1, 0.15) is 0 Å². The van der Waals surface area contributed by atoms with Crippen molar-refractivity contribution in [2.24, 2.45) is 0 Å². The molecule has 0 fully saturated rings. The summed E-state index contributed by atoms with van der Waals surface area (Å²) in [5.41, 5.74) is 2.64. The normalized spacial score (nSPS) is 11.6. The maximum atomic E-state index is 2.41. The van der Waals surface area contributed by atoms with E-state index in [0.717, 1.165) is 0 Å². The van der Waals surface area contributed by atoms with Crippen molar-refractivity contribution < 1.29 is 0 Å². The Morgan fingerprint density at radius 2 is 0.780 bits per heavy atom. The topological polar surface area (TPSA) is 0 Å². The van der Waals surface area contributed by atoms with Crippen LogP contribution in [0.15, 0.2) is 164 Å². The van der Waals surface area contributed by atoms with Crippen molar-refractivity contribution in [1.82, 2.24) is 0 Å². The molecule has 0 atom stereocenters. The summed E-state index contributed by atoms with van der Waals surface area (Å²) >= 11 is 0. The fraction of sp³-hybridized carbons (Fsp3) is 0. The summed E-state index contributed by atoms with van der Waals surface area (Å²) in [5, 5.41) is 14.4. The van der Waals surface area contributed by atoms with E-state index in [1.165, 1.54) is 70.1 Å². The van der Waals surface area contributed by atoms with E-state index < -0.39 is 7.92 Å². The molecule has 8 rings (SSSR count). The highest BCUT2D eigenvalue weighted by Gasteiger charge is 2.23. The third-order valence-corrected chi connectivity index (χ3v) is 10.6. The minimum absolute atomic E-state index is 0.865. The molecule has 0 saturated heterocycles. The Bertz CT molecular complexity index is 2140. The molecule has 0 N–H and O–H groups in total. The molecular weight excluding hydrogens is 511 g/mol. The minimum atomic E-state index is -0.865. The van der Waals surface area contributed by atoms with E-state index in [1.807, 2.05) is 0 Å². The third kappa shape index (κ3) is 4.20. The molecule has 0 aliphatic heterocycles. The van der Waals surface area contributed by atoms with Crippen molar-refractivity contribution in [1.29, 1.82) is 0 Å². The molecule has 0 spiro atoms. The van der Waals surface area contributed by atoms with Gasteiger partial charge in [0.2, 0.25) is 0 Å². The van der Waals surface area contributed by atoms with Crippen LogP contribution in [0.2, 0.25) is 0 Å². The monoisotopic (exact) mass is 538 g/mol. The highest BCUT2D eigenvalue weighted by Crippen LogP contribution is 2.42. The molecule has 0 amide bonds. The molecule has 0 radical (unpaired) electrons. The Kier molecular flexibility index (Phi) is 5.87. The fourth-order valence-electron chi connectivity index (χ4n) is 6.23. The largest absolute Gasteiger partial charge is 0.0616 e. The van der Waals surface area contributed by atoms with Crippen LogP contribution in [-0.4, -0.2) is 0 Å². The number of fused-ring (bicyclic) bond motifs is 4. The summed E-state index contributed by atoms with van der Waals surface area (Å²) in [6.07, 6.45) is 0. The van der Waals surface area contributed by atoms with Crippen LogP contribution in [-0.2, 0) is 0 Å². The van der Waals surface area contributed by atoms with Crippen LogP contribution < -0.4 is 15.9 Å². The van der Waals surface area contributed by atoms with Crippen LogP contribution in [0.25, 0.3) is 54.2 Å². The molecule has 0 aliphatic rings. The highest BCUT2D eigenvalue weighted by molar-refractivity contribution is 7.80. The minimum Gasteiger partial charge on any atom is -0.0616 e. The zero-order valence-electron chi connectivity index (χ0n) is 22.5. The standard InChI is InChI=1S/C40H27P/c1-3-14-32-26-34(23-20-28(32)10-1)41(35-24-21-29-11-2-4-15-33(29)27-35)39-25-22-31-13-6-8-18-37(31)40(39)38-19-9-16-30-12-5-7-17-36(30)38/h1-27H. The zero-order valence-corrected chi connectivity index (χ0v) is 23.4. The van der Waals surface area contributed by atoms with Gasteiger partial charge in [-0.2, -0.15) is 0 Å². The number of hydrogen-bond acceptors (Lipinski definition) is 0. The van der Waals surface area contributed by atoms with E-state index in [9.17, 15) is 0 Å². The molecule has 192 valence electrons. The molecule has 0 nitrogen and oxygen atoms in total. The summed E-state index contributed by atoms with van der Waals surface area (Å²) < 4.78 is 0. The van der Waals surface area contributed by atoms with Gasteiger partial charge in [0.25, 0.3) is 0 Å². The second-order valence-corrected chi connectivity index (χ2v) is 12.8. The van der Waals surface area contributed by atoms with Gasteiger partial charge in [0, 0.05) is 0 Å². The molecule has 0 aromatic heterocycles. The van der Waals surface area contributed by atoms with E-state index in [0.29, 0.717) is 0 Å². The summed E-state index contributed by atoms with van der Waals surface area (Å²) in [5.74, 6) is 0. The maximum Gasteiger partial charge on any atom is -0.00155 e. The predicted molar refractivity (Wildman–Crippen MR) is 181 cm³/mol. The van der Waals surface area contributed by atoms with Crippen LogP contribution >= 0.6 is 7.92 Å². The van der Waals surface area contributed by atoms with E-state index in [-0.39, 0.29) is 0 Å². The van der Waals surface area contributed by atoms with Crippen LogP contribution in [0.4, 0.5) is 0 Å². The lowest BCUT2D eigenvalue weighted by molar-refractivity contribution is 1.70. The lowest BCUT2D eigenvalue weighted by atomic mass is 9.94. The van der Waals surface area contributed by atoms with Crippen molar-refractivity contribution in [3.63, 3.8) is 0 Å². The summed E-state index contributed by atoms with van der Waals surface area (Å²) in [4.78, 5) is 0. The molecule has 8 aromatic carbocycles. The van der Waals surface area contributed by atoms with Gasteiger partial charge in [0.15, 0.2) is 0 Å². The molecular formula is C40H27P. The maximum absolute atomic E-state index is 2.41. The second-order valence-electron chi connectivity index (χ2n) is 10.6. The van der Waals surface area contributed by atoms with Crippen LogP contribution in [0.5, 0.6) is 0 Å². The van der Waals surface area contributed by atoms with Crippen molar-refractivity contribution in [2.75, 3.05) is 0 Å². The van der Waals surface area contributed by atoms with Gasteiger partial charge < -0.3 is 0 Å². The average molecular weight is 539 g/mol. The van der Waals surface area contributed by atoms with E-state index in [4.69, 9.17) is 0 Å². The van der Waals surface area contributed by atoms with Gasteiger partial charge in [-0.1, -0.05) is 152 Å². The predicted octanol–water partition coefficient (Wildman–Crippen LogP) is 9.72. The number of benzene rings is 8. The van der Waals surface area contributed by atoms with Gasteiger partial charge in [-0.3, -0.25) is 0 Å². The first-order valence-corrected chi connectivity index (χ1v) is 15.5. The van der Waals surface area contributed by atoms with Gasteiger partial charge in [-0.25, -0.2) is 0 Å². The number of rotatable bonds is 4. The Morgan fingerprint density at radius 3 is 1.41 bits per heavy atom. The first kappa shape index (κ1) is 24.1. The molecule has 0 saturated carbocycles. The SMILES string of the molecule is c1ccc2cc(P(c3ccc4ccccc4c3)c3ccc4ccccc4c3-c3cccc4ccccc34)ccc2c1. The average Bonchev–Trinajstić information content (AvgIpc) is 3.04. The Morgan fingerprint density at radius 1 is 0.317 bits per heavy atom. The lowest BCUT2D eigenvalue weighted by Crippen LogP contribution is -2.22. The summed E-state index contributed by atoms with van der Waals surface area (Å²) in [7, 11) is -0.865. The third-order valence-electron chi connectivity index (χ3n) is 8.19. The Labute approximate surface area is 241 Å². The smallest absolute Gasteiger partial charge is 0.00155 e. The fourth-order valence-corrected chi connectivity index (χ4v) is 8.76. The molecule has 0 aliphatic carbocycles.